The largest absolute Gasteiger partial charge is 0.492 e. The molecule has 65 heavy (non-hydrogen) atoms. The predicted octanol–water partition coefficient (Wildman–Crippen LogP) is 13.2. The van der Waals surface area contributed by atoms with Crippen molar-refractivity contribution in [2.75, 3.05) is 16.4 Å². The molecule has 0 fully saturated rings. The standard InChI is InChI=1S/C60H53BN2O2/c1-34-26-48-52-49(27-34)63(54-35(2)18-17-19-36(54)3)57-53(51-56(65-57)59(8,9)32-58(51,6)7)61(52)46-31-50-45(60(33-64-50)43-24-15-13-22-41(43)42-23-14-16-25-44(42)60)30-47(46)62(48)55-37(4)28-40(29-38(55)5)39-20-11-10-12-21-39/h10-31H,32-33H2,1-9H3. The Morgan fingerprint density at radius 1 is 0.523 bits per heavy atom. The van der Waals surface area contributed by atoms with E-state index in [0.717, 1.165) is 23.8 Å². The third-order valence-electron chi connectivity index (χ3n) is 15.8. The summed E-state index contributed by atoms with van der Waals surface area (Å²) < 4.78 is 14.6. The first kappa shape index (κ1) is 38.7. The molecule has 4 nitrogen and oxygen atoms in total. The Hall–Kier alpha value is -6.72. The van der Waals surface area contributed by atoms with Crippen LogP contribution in [0.1, 0.15) is 89.9 Å². The number of rotatable bonds is 3. The highest BCUT2D eigenvalue weighted by atomic mass is 16.5. The molecule has 0 saturated heterocycles. The summed E-state index contributed by atoms with van der Waals surface area (Å²) in [6.45, 7) is 21.5. The molecule has 13 rings (SSSR count). The molecular formula is C60H53BN2O2. The normalized spacial score (nSPS) is 17.0. The second-order valence-corrected chi connectivity index (χ2v) is 21.0. The summed E-state index contributed by atoms with van der Waals surface area (Å²) in [5.41, 5.74) is 25.6. The number of para-hydroxylation sites is 1. The number of hydrogen-bond donors (Lipinski definition) is 0. The van der Waals surface area contributed by atoms with Gasteiger partial charge >= 0.3 is 0 Å². The average molecular weight is 845 g/mol. The number of ether oxygens (including phenoxy) is 1. The molecule has 318 valence electrons. The number of aryl methyl sites for hydroxylation is 5. The van der Waals surface area contributed by atoms with Gasteiger partial charge in [0.05, 0.1) is 16.8 Å². The highest BCUT2D eigenvalue weighted by Crippen LogP contribution is 2.60. The van der Waals surface area contributed by atoms with Crippen molar-refractivity contribution < 1.29 is 9.15 Å². The lowest BCUT2D eigenvalue weighted by Gasteiger charge is -2.45. The molecule has 0 N–H and O–H groups in total. The number of hydrogen-bond acceptors (Lipinski definition) is 4. The molecule has 1 spiro atoms. The van der Waals surface area contributed by atoms with Crippen molar-refractivity contribution >= 4 is 57.4 Å². The van der Waals surface area contributed by atoms with Crippen molar-refractivity contribution in [3.05, 3.63) is 189 Å². The van der Waals surface area contributed by atoms with Crippen LogP contribution < -0.4 is 30.9 Å². The average Bonchev–Trinajstić information content (AvgIpc) is 4.00. The number of furan rings is 1. The zero-order chi connectivity index (χ0) is 44.5. The van der Waals surface area contributed by atoms with Crippen LogP contribution in [0.5, 0.6) is 5.75 Å². The van der Waals surface area contributed by atoms with Gasteiger partial charge in [-0.25, -0.2) is 0 Å². The Bertz CT molecular complexity index is 3300. The van der Waals surface area contributed by atoms with Crippen molar-refractivity contribution in [3.63, 3.8) is 0 Å². The zero-order valence-corrected chi connectivity index (χ0v) is 38.9. The number of anilines is 6. The Kier molecular flexibility index (Phi) is 7.73. The Balaban J connectivity index is 1.16. The molecule has 0 radical (unpaired) electrons. The monoisotopic (exact) mass is 844 g/mol. The summed E-state index contributed by atoms with van der Waals surface area (Å²) in [7, 11) is 0. The van der Waals surface area contributed by atoms with Gasteiger partial charge in [0.15, 0.2) is 5.88 Å². The minimum Gasteiger partial charge on any atom is -0.492 e. The Morgan fingerprint density at radius 2 is 1.12 bits per heavy atom. The van der Waals surface area contributed by atoms with Gasteiger partial charge in [-0.1, -0.05) is 125 Å². The van der Waals surface area contributed by atoms with Crippen LogP contribution in [0, 0.1) is 34.6 Å². The van der Waals surface area contributed by atoms with Gasteiger partial charge in [-0.05, 0) is 166 Å². The molecule has 0 atom stereocenters. The van der Waals surface area contributed by atoms with Gasteiger partial charge < -0.3 is 14.1 Å². The van der Waals surface area contributed by atoms with E-state index in [1.165, 1.54) is 117 Å². The lowest BCUT2D eigenvalue weighted by molar-refractivity contribution is 0.315. The summed E-state index contributed by atoms with van der Waals surface area (Å²) in [5, 5.41) is 0. The van der Waals surface area contributed by atoms with Gasteiger partial charge in [-0.15, -0.1) is 0 Å². The second kappa shape index (κ2) is 13.0. The molecule has 0 amide bonds. The minimum absolute atomic E-state index is 0.0964. The fraction of sp³-hybridized carbons (Fsp3) is 0.233. The first-order valence-electron chi connectivity index (χ1n) is 23.4. The van der Waals surface area contributed by atoms with Crippen LogP contribution in [0.4, 0.5) is 34.3 Å². The fourth-order valence-corrected chi connectivity index (χ4v) is 13.6. The Labute approximate surface area is 383 Å². The summed E-state index contributed by atoms with van der Waals surface area (Å²) in [4.78, 5) is 5.14. The highest BCUT2D eigenvalue weighted by molar-refractivity contribution is 7.00. The molecule has 5 aliphatic rings. The van der Waals surface area contributed by atoms with Gasteiger partial charge in [0, 0.05) is 28.0 Å². The van der Waals surface area contributed by atoms with E-state index in [2.05, 4.69) is 206 Å². The van der Waals surface area contributed by atoms with E-state index in [1.807, 2.05) is 0 Å². The summed E-state index contributed by atoms with van der Waals surface area (Å²) in [6, 6.07) is 50.1. The van der Waals surface area contributed by atoms with E-state index < -0.39 is 5.41 Å². The van der Waals surface area contributed by atoms with Crippen molar-refractivity contribution in [2.24, 2.45) is 0 Å². The summed E-state index contributed by atoms with van der Waals surface area (Å²) in [5.74, 6) is 3.05. The quantitative estimate of drug-likeness (QED) is 0.166. The van der Waals surface area contributed by atoms with Crippen molar-refractivity contribution in [2.45, 2.75) is 85.0 Å². The number of benzene rings is 7. The van der Waals surface area contributed by atoms with E-state index in [0.29, 0.717) is 6.61 Å². The third kappa shape index (κ3) is 4.99. The lowest BCUT2D eigenvalue weighted by atomic mass is 9.32. The van der Waals surface area contributed by atoms with Crippen LogP contribution >= 0.6 is 0 Å². The van der Waals surface area contributed by atoms with Crippen molar-refractivity contribution in [1.29, 1.82) is 0 Å². The van der Waals surface area contributed by atoms with E-state index in [9.17, 15) is 0 Å². The van der Waals surface area contributed by atoms with Gasteiger partial charge in [0.25, 0.3) is 6.71 Å². The van der Waals surface area contributed by atoms with Crippen LogP contribution in [0.3, 0.4) is 0 Å². The maximum Gasteiger partial charge on any atom is 0.257 e. The minimum atomic E-state index is -0.442. The lowest BCUT2D eigenvalue weighted by Crippen LogP contribution is -2.62. The topological polar surface area (TPSA) is 28.9 Å². The zero-order valence-electron chi connectivity index (χ0n) is 38.9. The van der Waals surface area contributed by atoms with E-state index in [-0.39, 0.29) is 17.5 Å². The maximum absolute atomic E-state index is 7.52. The number of nitrogens with zero attached hydrogens (tertiary/aromatic N) is 2. The van der Waals surface area contributed by atoms with E-state index in [1.54, 1.807) is 0 Å². The van der Waals surface area contributed by atoms with Crippen molar-refractivity contribution in [1.82, 2.24) is 0 Å². The fourth-order valence-electron chi connectivity index (χ4n) is 13.6. The third-order valence-corrected chi connectivity index (χ3v) is 15.8. The van der Waals surface area contributed by atoms with Crippen LogP contribution in [0.2, 0.25) is 0 Å². The molecule has 8 aromatic rings. The molecule has 1 aromatic heterocycles. The first-order valence-corrected chi connectivity index (χ1v) is 23.4. The molecule has 2 aliphatic carbocycles. The van der Waals surface area contributed by atoms with Crippen LogP contribution in [-0.2, 0) is 16.2 Å². The number of fused-ring (bicyclic) bond motifs is 13. The van der Waals surface area contributed by atoms with E-state index in [4.69, 9.17) is 9.15 Å². The molecule has 0 bridgehead atoms. The van der Waals surface area contributed by atoms with Crippen LogP contribution in [0.15, 0.2) is 138 Å². The molecule has 0 unspecified atom stereocenters. The molecular weight excluding hydrogens is 791 g/mol. The Morgan fingerprint density at radius 3 is 1.78 bits per heavy atom. The van der Waals surface area contributed by atoms with Gasteiger partial charge in [0.2, 0.25) is 0 Å². The van der Waals surface area contributed by atoms with Gasteiger partial charge in [-0.3, -0.25) is 4.90 Å². The molecule has 7 aromatic carbocycles. The first-order chi connectivity index (χ1) is 31.3. The highest BCUT2D eigenvalue weighted by Gasteiger charge is 2.57. The molecule has 0 saturated carbocycles. The smallest absolute Gasteiger partial charge is 0.257 e. The predicted molar refractivity (Wildman–Crippen MR) is 270 cm³/mol. The maximum atomic E-state index is 7.52. The van der Waals surface area contributed by atoms with Gasteiger partial charge in [-0.2, -0.15) is 0 Å². The van der Waals surface area contributed by atoms with E-state index >= 15 is 0 Å². The summed E-state index contributed by atoms with van der Waals surface area (Å²) in [6.07, 6.45) is 1.02. The summed E-state index contributed by atoms with van der Waals surface area (Å²) >= 11 is 0. The SMILES string of the molecule is Cc1cc2c3c(c1)N(c1c(C)cccc1C)c1oc4c(c1B3c1cc3c(cc1N2c1c(C)cc(-c2ccccc2)cc1C)C1(CO3)c2ccccc2-c2ccccc21)C(C)(C)CC4(C)C. The molecule has 4 heterocycles. The molecule has 5 heteroatoms. The van der Waals surface area contributed by atoms with Gasteiger partial charge in [0.1, 0.15) is 18.1 Å². The van der Waals surface area contributed by atoms with Crippen molar-refractivity contribution in [3.8, 4) is 28.0 Å². The molecule has 3 aliphatic heterocycles. The second-order valence-electron chi connectivity index (χ2n) is 21.0. The van der Waals surface area contributed by atoms with Crippen LogP contribution in [0.25, 0.3) is 22.3 Å². The van der Waals surface area contributed by atoms with Crippen LogP contribution in [-0.4, -0.2) is 13.3 Å².